The Morgan fingerprint density at radius 2 is 1.93 bits per heavy atom. The summed E-state index contributed by atoms with van der Waals surface area (Å²) in [7, 11) is 1.69. The van der Waals surface area contributed by atoms with Gasteiger partial charge in [-0.2, -0.15) is 0 Å². The number of fused-ring (bicyclic) bond motifs is 1. The lowest BCUT2D eigenvalue weighted by molar-refractivity contribution is 0.281. The first kappa shape index (κ1) is 17.6. The predicted octanol–water partition coefficient (Wildman–Crippen LogP) is 3.82. The van der Waals surface area contributed by atoms with Gasteiger partial charge in [-0.3, -0.25) is 0 Å². The molecule has 1 aliphatic rings. The molecule has 0 unspecified atom stereocenters. The van der Waals surface area contributed by atoms with Gasteiger partial charge >= 0.3 is 0 Å². The number of aromatic nitrogens is 1. The molecule has 2 heterocycles. The molecule has 4 rings (SSSR count). The maximum absolute atomic E-state index is 9.81. The van der Waals surface area contributed by atoms with E-state index in [0.29, 0.717) is 6.04 Å². The van der Waals surface area contributed by atoms with Crippen LogP contribution in [0.3, 0.4) is 0 Å². The van der Waals surface area contributed by atoms with Gasteiger partial charge in [-0.25, -0.2) is 4.98 Å². The Bertz CT molecular complexity index is 920. The van der Waals surface area contributed by atoms with Crippen LogP contribution in [0.1, 0.15) is 18.4 Å². The topological polar surface area (TPSA) is 57.6 Å². The molecule has 3 aromatic rings. The van der Waals surface area contributed by atoms with Crippen molar-refractivity contribution >= 4 is 22.4 Å². The molecule has 1 saturated heterocycles. The van der Waals surface area contributed by atoms with Gasteiger partial charge in [0.05, 0.1) is 19.2 Å². The van der Waals surface area contributed by atoms with Crippen LogP contribution in [-0.2, 0) is 6.61 Å². The fraction of sp³-hybridized carbons (Fsp3) is 0.318. The highest BCUT2D eigenvalue weighted by Gasteiger charge is 2.22. The third kappa shape index (κ3) is 3.83. The number of para-hydroxylation sites is 1. The van der Waals surface area contributed by atoms with Crippen LogP contribution in [-0.4, -0.2) is 36.3 Å². The number of ether oxygens (including phenoxy) is 1. The van der Waals surface area contributed by atoms with E-state index in [-0.39, 0.29) is 6.61 Å². The second kappa shape index (κ2) is 7.84. The van der Waals surface area contributed by atoms with Crippen molar-refractivity contribution in [2.75, 3.05) is 30.4 Å². The molecule has 1 aliphatic heterocycles. The first-order valence-corrected chi connectivity index (χ1v) is 9.42. The molecule has 0 saturated carbocycles. The molecule has 0 spiro atoms. The van der Waals surface area contributed by atoms with Gasteiger partial charge in [0.2, 0.25) is 0 Å². The quantitative estimate of drug-likeness (QED) is 0.722. The van der Waals surface area contributed by atoms with Gasteiger partial charge in [0, 0.05) is 41.8 Å². The minimum atomic E-state index is 0.00908. The lowest BCUT2D eigenvalue weighted by atomic mass is 10.0. The standard InChI is InChI=1S/C22H25N3O2/c1-27-20-7-4-6-19(14-20)23-18-9-11-25(12-10-18)22-17(15-26)13-16-5-2-3-8-21(16)24-22/h2-8,13-14,18,23,26H,9-12,15H2,1H3. The lowest BCUT2D eigenvalue weighted by Gasteiger charge is -2.34. The van der Waals surface area contributed by atoms with Crippen LogP contribution in [0.2, 0.25) is 0 Å². The molecule has 1 fully saturated rings. The Morgan fingerprint density at radius 3 is 2.70 bits per heavy atom. The van der Waals surface area contributed by atoms with E-state index in [1.54, 1.807) is 7.11 Å². The Balaban J connectivity index is 1.46. The molecular formula is C22H25N3O2. The Labute approximate surface area is 159 Å². The SMILES string of the molecule is COc1cccc(NC2CCN(c3nc4ccccc4cc3CO)CC2)c1. The third-order valence-corrected chi connectivity index (χ3v) is 5.19. The molecule has 5 nitrogen and oxygen atoms in total. The summed E-state index contributed by atoms with van der Waals surface area (Å²) < 4.78 is 5.30. The van der Waals surface area contributed by atoms with Crippen molar-refractivity contribution in [2.24, 2.45) is 0 Å². The van der Waals surface area contributed by atoms with Gasteiger partial charge in [-0.15, -0.1) is 0 Å². The number of benzene rings is 2. The van der Waals surface area contributed by atoms with E-state index in [1.807, 2.05) is 42.5 Å². The smallest absolute Gasteiger partial charge is 0.134 e. The first-order chi connectivity index (χ1) is 13.3. The summed E-state index contributed by atoms with van der Waals surface area (Å²) >= 11 is 0. The van der Waals surface area contributed by atoms with Crippen LogP contribution in [0.4, 0.5) is 11.5 Å². The molecule has 2 aromatic carbocycles. The third-order valence-electron chi connectivity index (χ3n) is 5.19. The van der Waals surface area contributed by atoms with Gasteiger partial charge in [0.1, 0.15) is 11.6 Å². The summed E-state index contributed by atoms with van der Waals surface area (Å²) in [5, 5.41) is 14.5. The largest absolute Gasteiger partial charge is 0.497 e. The second-order valence-corrected chi connectivity index (χ2v) is 6.96. The van der Waals surface area contributed by atoms with E-state index in [9.17, 15) is 5.11 Å². The zero-order chi connectivity index (χ0) is 18.6. The van der Waals surface area contributed by atoms with E-state index in [0.717, 1.165) is 59.7 Å². The summed E-state index contributed by atoms with van der Waals surface area (Å²) in [4.78, 5) is 7.12. The summed E-state index contributed by atoms with van der Waals surface area (Å²) in [6.07, 6.45) is 2.05. The molecule has 0 aliphatic carbocycles. The van der Waals surface area contributed by atoms with E-state index in [2.05, 4.69) is 22.3 Å². The highest BCUT2D eigenvalue weighted by molar-refractivity contribution is 5.81. The summed E-state index contributed by atoms with van der Waals surface area (Å²) in [6.45, 7) is 1.84. The Hall–Kier alpha value is -2.79. The zero-order valence-electron chi connectivity index (χ0n) is 15.6. The highest BCUT2D eigenvalue weighted by Crippen LogP contribution is 2.27. The van der Waals surface area contributed by atoms with Crippen molar-refractivity contribution in [1.29, 1.82) is 0 Å². The normalized spacial score (nSPS) is 15.1. The number of pyridine rings is 1. The van der Waals surface area contributed by atoms with Crippen molar-refractivity contribution in [1.82, 2.24) is 4.98 Å². The predicted molar refractivity (Wildman–Crippen MR) is 110 cm³/mol. The van der Waals surface area contributed by atoms with Gasteiger partial charge < -0.3 is 20.1 Å². The van der Waals surface area contributed by atoms with Crippen molar-refractivity contribution < 1.29 is 9.84 Å². The maximum atomic E-state index is 9.81. The Morgan fingerprint density at radius 1 is 1.11 bits per heavy atom. The minimum absolute atomic E-state index is 0.00908. The number of piperidine rings is 1. The van der Waals surface area contributed by atoms with Crippen molar-refractivity contribution in [3.8, 4) is 5.75 Å². The number of nitrogens with zero attached hydrogens (tertiary/aromatic N) is 2. The van der Waals surface area contributed by atoms with Crippen molar-refractivity contribution in [3.05, 3.63) is 60.2 Å². The molecule has 0 atom stereocenters. The van der Waals surface area contributed by atoms with Crippen LogP contribution in [0.25, 0.3) is 10.9 Å². The van der Waals surface area contributed by atoms with Crippen LogP contribution in [0.15, 0.2) is 54.6 Å². The van der Waals surface area contributed by atoms with Crippen molar-refractivity contribution in [3.63, 3.8) is 0 Å². The van der Waals surface area contributed by atoms with Crippen molar-refractivity contribution in [2.45, 2.75) is 25.5 Å². The maximum Gasteiger partial charge on any atom is 0.134 e. The second-order valence-electron chi connectivity index (χ2n) is 6.96. The summed E-state index contributed by atoms with van der Waals surface area (Å²) in [5.41, 5.74) is 2.96. The Kier molecular flexibility index (Phi) is 5.12. The van der Waals surface area contributed by atoms with E-state index in [4.69, 9.17) is 9.72 Å². The fourth-order valence-corrected chi connectivity index (χ4v) is 3.72. The summed E-state index contributed by atoms with van der Waals surface area (Å²) in [5.74, 6) is 1.78. The van der Waals surface area contributed by atoms with E-state index in [1.165, 1.54) is 0 Å². The van der Waals surface area contributed by atoms with Crippen LogP contribution >= 0.6 is 0 Å². The fourth-order valence-electron chi connectivity index (χ4n) is 3.72. The number of nitrogens with one attached hydrogen (secondary N) is 1. The molecule has 140 valence electrons. The highest BCUT2D eigenvalue weighted by atomic mass is 16.5. The number of hydrogen-bond donors (Lipinski definition) is 2. The van der Waals surface area contributed by atoms with Gasteiger partial charge in [-0.05, 0) is 37.1 Å². The molecular weight excluding hydrogens is 338 g/mol. The zero-order valence-corrected chi connectivity index (χ0v) is 15.6. The first-order valence-electron chi connectivity index (χ1n) is 9.42. The number of aliphatic hydroxyl groups excluding tert-OH is 1. The molecule has 5 heteroatoms. The van der Waals surface area contributed by atoms with Gasteiger partial charge in [-0.1, -0.05) is 24.3 Å². The van der Waals surface area contributed by atoms with Crippen LogP contribution in [0.5, 0.6) is 5.75 Å². The number of methoxy groups -OCH3 is 1. The monoisotopic (exact) mass is 363 g/mol. The summed E-state index contributed by atoms with van der Waals surface area (Å²) in [6, 6.07) is 18.6. The lowest BCUT2D eigenvalue weighted by Crippen LogP contribution is -2.40. The van der Waals surface area contributed by atoms with Gasteiger partial charge in [0.15, 0.2) is 0 Å². The molecule has 2 N–H and O–H groups in total. The van der Waals surface area contributed by atoms with E-state index < -0.39 is 0 Å². The average Bonchev–Trinajstić information content (AvgIpc) is 2.73. The van der Waals surface area contributed by atoms with Crippen LogP contribution < -0.4 is 15.0 Å². The number of anilines is 2. The van der Waals surface area contributed by atoms with E-state index >= 15 is 0 Å². The molecule has 1 aromatic heterocycles. The minimum Gasteiger partial charge on any atom is -0.497 e. The number of rotatable bonds is 5. The molecule has 0 radical (unpaired) electrons. The average molecular weight is 363 g/mol. The van der Waals surface area contributed by atoms with Gasteiger partial charge in [0.25, 0.3) is 0 Å². The van der Waals surface area contributed by atoms with Crippen LogP contribution in [0, 0.1) is 0 Å². The number of aliphatic hydroxyl groups is 1. The molecule has 0 amide bonds. The molecule has 27 heavy (non-hydrogen) atoms. The number of hydrogen-bond acceptors (Lipinski definition) is 5. The molecule has 0 bridgehead atoms.